The lowest BCUT2D eigenvalue weighted by atomic mass is 10.2. The maximum absolute atomic E-state index is 12.3. The Labute approximate surface area is 152 Å². The number of thioether (sulfide) groups is 1. The molecule has 0 aromatic heterocycles. The molecule has 5 heteroatoms. The van der Waals surface area contributed by atoms with Crippen molar-refractivity contribution in [2.75, 3.05) is 23.8 Å². The molecule has 0 unspecified atom stereocenters. The number of hydrogen-bond donors (Lipinski definition) is 0. The molecule has 1 amide bonds. The second-order valence-corrected chi connectivity index (χ2v) is 7.16. The molecular formula is C20H21NO3S. The molecule has 130 valence electrons. The number of carbonyl (C=O) groups is 2. The molecule has 0 aliphatic carbocycles. The number of amides is 1. The summed E-state index contributed by atoms with van der Waals surface area (Å²) in [6.07, 6.45) is 0.846. The van der Waals surface area contributed by atoms with Crippen LogP contribution in [0.4, 0.5) is 5.69 Å². The van der Waals surface area contributed by atoms with E-state index in [9.17, 15) is 9.59 Å². The van der Waals surface area contributed by atoms with Crippen molar-refractivity contribution in [1.82, 2.24) is 0 Å². The van der Waals surface area contributed by atoms with Crippen LogP contribution in [0.2, 0.25) is 0 Å². The predicted octanol–water partition coefficient (Wildman–Crippen LogP) is 3.53. The quantitative estimate of drug-likeness (QED) is 0.608. The molecule has 0 spiro atoms. The second kappa shape index (κ2) is 7.74. The minimum atomic E-state index is -0.369. The van der Waals surface area contributed by atoms with Crippen molar-refractivity contribution in [2.24, 2.45) is 0 Å². The average molecular weight is 355 g/mol. The summed E-state index contributed by atoms with van der Waals surface area (Å²) in [6, 6.07) is 14.0. The van der Waals surface area contributed by atoms with Gasteiger partial charge < -0.3 is 9.64 Å². The summed E-state index contributed by atoms with van der Waals surface area (Å²) in [5.41, 5.74) is 4.37. The molecule has 0 saturated heterocycles. The van der Waals surface area contributed by atoms with E-state index in [0.29, 0.717) is 6.54 Å². The van der Waals surface area contributed by atoms with Crippen LogP contribution in [0.5, 0.6) is 0 Å². The fourth-order valence-electron chi connectivity index (χ4n) is 2.86. The number of para-hydroxylation sites is 1. The topological polar surface area (TPSA) is 46.6 Å². The van der Waals surface area contributed by atoms with E-state index in [4.69, 9.17) is 4.74 Å². The van der Waals surface area contributed by atoms with Crippen molar-refractivity contribution in [3.05, 3.63) is 59.2 Å². The number of hydrogen-bond acceptors (Lipinski definition) is 4. The number of rotatable bonds is 5. The van der Waals surface area contributed by atoms with Gasteiger partial charge in [0, 0.05) is 17.1 Å². The lowest BCUT2D eigenvalue weighted by molar-refractivity contribution is -0.145. The molecule has 1 aliphatic rings. The molecule has 2 aromatic rings. The molecule has 1 heterocycles. The van der Waals surface area contributed by atoms with Crippen molar-refractivity contribution in [2.45, 2.75) is 25.2 Å². The number of fused-ring (bicyclic) bond motifs is 1. The first kappa shape index (κ1) is 17.5. The number of esters is 1. The van der Waals surface area contributed by atoms with Gasteiger partial charge in [0.1, 0.15) is 0 Å². The number of anilines is 1. The highest BCUT2D eigenvalue weighted by molar-refractivity contribution is 8.00. The van der Waals surface area contributed by atoms with Crippen LogP contribution in [0.15, 0.2) is 47.4 Å². The molecule has 25 heavy (non-hydrogen) atoms. The molecule has 0 atom stereocenters. The Hall–Kier alpha value is -2.27. The molecule has 0 radical (unpaired) electrons. The molecule has 0 fully saturated rings. The second-order valence-electron chi connectivity index (χ2n) is 6.14. The number of nitrogens with zero attached hydrogens (tertiary/aromatic N) is 1. The van der Waals surface area contributed by atoms with Gasteiger partial charge in [0.2, 0.25) is 0 Å². The first-order valence-corrected chi connectivity index (χ1v) is 9.27. The molecule has 0 saturated carbocycles. The molecular weight excluding hydrogens is 334 g/mol. The van der Waals surface area contributed by atoms with Crippen molar-refractivity contribution >= 4 is 29.3 Å². The normalized spacial score (nSPS) is 12.8. The van der Waals surface area contributed by atoms with Gasteiger partial charge in [0.05, 0.1) is 5.75 Å². The van der Waals surface area contributed by atoms with Gasteiger partial charge in [-0.1, -0.05) is 35.9 Å². The van der Waals surface area contributed by atoms with E-state index in [1.807, 2.05) is 50.2 Å². The van der Waals surface area contributed by atoms with E-state index < -0.39 is 0 Å². The minimum absolute atomic E-state index is 0.171. The van der Waals surface area contributed by atoms with Crippen LogP contribution in [-0.4, -0.2) is 30.8 Å². The number of aryl methyl sites for hydroxylation is 2. The van der Waals surface area contributed by atoms with Crippen LogP contribution in [0.1, 0.15) is 16.7 Å². The van der Waals surface area contributed by atoms with Gasteiger partial charge in [-0.3, -0.25) is 9.59 Å². The fourth-order valence-corrected chi connectivity index (χ4v) is 3.78. The summed E-state index contributed by atoms with van der Waals surface area (Å²) >= 11 is 1.44. The monoisotopic (exact) mass is 355 g/mol. The highest BCUT2D eigenvalue weighted by Gasteiger charge is 2.24. The third kappa shape index (κ3) is 4.23. The SMILES string of the molecule is Cc1ccc(C)c(SCC(=O)OCC(=O)N2CCc3ccccc32)c1. The number of ether oxygens (including phenoxy) is 1. The van der Waals surface area contributed by atoms with Gasteiger partial charge in [-0.15, -0.1) is 11.8 Å². The minimum Gasteiger partial charge on any atom is -0.455 e. The van der Waals surface area contributed by atoms with Crippen LogP contribution in [0.3, 0.4) is 0 Å². The first-order chi connectivity index (χ1) is 12.0. The summed E-state index contributed by atoms with van der Waals surface area (Å²) in [4.78, 5) is 27.1. The highest BCUT2D eigenvalue weighted by Crippen LogP contribution is 2.27. The standard InChI is InChI=1S/C20H21NO3S/c1-14-7-8-15(2)18(11-14)25-13-20(23)24-12-19(22)21-10-9-16-5-3-4-6-17(16)21/h3-8,11H,9-10,12-13H2,1-2H3. The first-order valence-electron chi connectivity index (χ1n) is 8.28. The Bertz CT molecular complexity index is 803. The molecule has 1 aliphatic heterocycles. The van der Waals surface area contributed by atoms with Crippen LogP contribution >= 0.6 is 11.8 Å². The van der Waals surface area contributed by atoms with Gasteiger partial charge in [0.25, 0.3) is 5.91 Å². The summed E-state index contributed by atoms with van der Waals surface area (Å²) in [5, 5.41) is 0. The molecule has 3 rings (SSSR count). The average Bonchev–Trinajstić information content (AvgIpc) is 3.04. The Balaban J connectivity index is 1.49. The predicted molar refractivity (Wildman–Crippen MR) is 100 cm³/mol. The molecule has 0 bridgehead atoms. The van der Waals surface area contributed by atoms with Gasteiger partial charge in [-0.05, 0) is 43.5 Å². The van der Waals surface area contributed by atoms with Crippen LogP contribution < -0.4 is 4.90 Å². The van der Waals surface area contributed by atoms with Crippen LogP contribution in [-0.2, 0) is 20.7 Å². The number of benzene rings is 2. The van der Waals surface area contributed by atoms with E-state index >= 15 is 0 Å². The lowest BCUT2D eigenvalue weighted by Gasteiger charge is -2.17. The van der Waals surface area contributed by atoms with Gasteiger partial charge in [0.15, 0.2) is 6.61 Å². The number of carbonyl (C=O) groups excluding carboxylic acids is 2. The summed E-state index contributed by atoms with van der Waals surface area (Å²) in [5.74, 6) is -0.337. The van der Waals surface area contributed by atoms with E-state index in [0.717, 1.165) is 33.7 Å². The highest BCUT2D eigenvalue weighted by atomic mass is 32.2. The zero-order chi connectivity index (χ0) is 17.8. The van der Waals surface area contributed by atoms with Crippen LogP contribution in [0, 0.1) is 13.8 Å². The van der Waals surface area contributed by atoms with Gasteiger partial charge >= 0.3 is 5.97 Å². The Kier molecular flexibility index (Phi) is 5.43. The zero-order valence-electron chi connectivity index (χ0n) is 14.5. The largest absolute Gasteiger partial charge is 0.455 e. The van der Waals surface area contributed by atoms with Crippen molar-refractivity contribution in [3.63, 3.8) is 0 Å². The van der Waals surface area contributed by atoms with Crippen LogP contribution in [0.25, 0.3) is 0 Å². The maximum Gasteiger partial charge on any atom is 0.316 e. The molecule has 4 nitrogen and oxygen atoms in total. The van der Waals surface area contributed by atoms with Crippen molar-refractivity contribution in [3.8, 4) is 0 Å². The van der Waals surface area contributed by atoms with Crippen molar-refractivity contribution < 1.29 is 14.3 Å². The van der Waals surface area contributed by atoms with E-state index in [1.54, 1.807) is 4.90 Å². The van der Waals surface area contributed by atoms with E-state index in [2.05, 4.69) is 6.07 Å². The van der Waals surface area contributed by atoms with E-state index in [-0.39, 0.29) is 24.2 Å². The smallest absolute Gasteiger partial charge is 0.316 e. The third-order valence-corrected chi connectivity index (χ3v) is 5.36. The van der Waals surface area contributed by atoms with Gasteiger partial charge in [-0.25, -0.2) is 0 Å². The maximum atomic E-state index is 12.3. The van der Waals surface area contributed by atoms with E-state index in [1.165, 1.54) is 11.8 Å². The Morgan fingerprint density at radius 3 is 2.80 bits per heavy atom. The van der Waals surface area contributed by atoms with Gasteiger partial charge in [-0.2, -0.15) is 0 Å². The zero-order valence-corrected chi connectivity index (χ0v) is 15.3. The fraction of sp³-hybridized carbons (Fsp3) is 0.300. The summed E-state index contributed by atoms with van der Waals surface area (Å²) in [7, 11) is 0. The summed E-state index contributed by atoms with van der Waals surface area (Å²) in [6.45, 7) is 4.48. The molecule has 2 aromatic carbocycles. The summed E-state index contributed by atoms with van der Waals surface area (Å²) < 4.78 is 5.17. The third-order valence-electron chi connectivity index (χ3n) is 4.23. The Morgan fingerprint density at radius 1 is 1.16 bits per heavy atom. The Morgan fingerprint density at radius 2 is 1.96 bits per heavy atom. The lowest BCUT2D eigenvalue weighted by Crippen LogP contribution is -2.33. The van der Waals surface area contributed by atoms with Crippen molar-refractivity contribution in [1.29, 1.82) is 0 Å². The molecule has 0 N–H and O–H groups in total.